The zero-order valence-corrected chi connectivity index (χ0v) is 21.7. The molecule has 0 bridgehead atoms. The molecule has 0 amide bonds. The Morgan fingerprint density at radius 1 is 0.410 bits per heavy atom. The zero-order chi connectivity index (χ0) is 25.8. The van der Waals surface area contributed by atoms with Crippen molar-refractivity contribution in [3.05, 3.63) is 127 Å². The first-order chi connectivity index (χ1) is 19.3. The molecular formula is C35H21N3S. The van der Waals surface area contributed by atoms with Gasteiger partial charge < -0.3 is 0 Å². The first-order valence-electron chi connectivity index (χ1n) is 13.0. The predicted molar refractivity (Wildman–Crippen MR) is 164 cm³/mol. The van der Waals surface area contributed by atoms with Gasteiger partial charge in [-0.05, 0) is 33.7 Å². The highest BCUT2D eigenvalue weighted by atomic mass is 32.1. The molecule has 182 valence electrons. The summed E-state index contributed by atoms with van der Waals surface area (Å²) in [5.41, 5.74) is 2.95. The number of benzene rings is 6. The second-order valence-corrected chi connectivity index (χ2v) is 10.7. The number of aromatic nitrogens is 3. The van der Waals surface area contributed by atoms with Crippen molar-refractivity contribution in [3.63, 3.8) is 0 Å². The third-order valence-corrected chi connectivity index (χ3v) is 8.54. The van der Waals surface area contributed by atoms with Crippen molar-refractivity contribution in [2.75, 3.05) is 0 Å². The van der Waals surface area contributed by atoms with Crippen LogP contribution in [0.25, 0.3) is 75.9 Å². The quantitative estimate of drug-likeness (QED) is 0.235. The first-order valence-corrected chi connectivity index (χ1v) is 13.8. The van der Waals surface area contributed by atoms with E-state index in [4.69, 9.17) is 15.0 Å². The maximum atomic E-state index is 5.03. The van der Waals surface area contributed by atoms with Crippen LogP contribution in [0.4, 0.5) is 0 Å². The van der Waals surface area contributed by atoms with Gasteiger partial charge in [-0.25, -0.2) is 15.0 Å². The molecule has 0 saturated heterocycles. The second-order valence-electron chi connectivity index (χ2n) is 9.68. The summed E-state index contributed by atoms with van der Waals surface area (Å²) in [5.74, 6) is 2.02. The molecule has 0 N–H and O–H groups in total. The van der Waals surface area contributed by atoms with E-state index in [9.17, 15) is 0 Å². The lowest BCUT2D eigenvalue weighted by atomic mass is 10.0. The first kappa shape index (κ1) is 22.1. The third-order valence-electron chi connectivity index (χ3n) is 7.32. The van der Waals surface area contributed by atoms with E-state index in [0.717, 1.165) is 27.5 Å². The molecule has 0 aliphatic heterocycles. The van der Waals surface area contributed by atoms with E-state index in [1.54, 1.807) is 0 Å². The smallest absolute Gasteiger partial charge is 0.164 e. The van der Waals surface area contributed by atoms with Crippen LogP contribution < -0.4 is 0 Å². The lowest BCUT2D eigenvalue weighted by molar-refractivity contribution is 1.08. The summed E-state index contributed by atoms with van der Waals surface area (Å²) in [7, 11) is 0. The second kappa shape index (κ2) is 8.83. The van der Waals surface area contributed by atoms with Gasteiger partial charge in [0, 0.05) is 36.9 Å². The van der Waals surface area contributed by atoms with Crippen molar-refractivity contribution in [2.45, 2.75) is 0 Å². The van der Waals surface area contributed by atoms with Crippen LogP contribution in [-0.2, 0) is 0 Å². The van der Waals surface area contributed by atoms with Crippen molar-refractivity contribution in [1.82, 2.24) is 15.0 Å². The van der Waals surface area contributed by atoms with Crippen LogP contribution in [0.1, 0.15) is 0 Å². The molecule has 8 aromatic rings. The Labute approximate surface area is 229 Å². The molecule has 0 aliphatic carbocycles. The Bertz CT molecular complexity index is 2180. The van der Waals surface area contributed by atoms with E-state index >= 15 is 0 Å². The molecular weight excluding hydrogens is 494 g/mol. The fourth-order valence-corrected chi connectivity index (χ4v) is 6.65. The fraction of sp³-hybridized carbons (Fsp3) is 0. The number of fused-ring (bicyclic) bond motifs is 6. The van der Waals surface area contributed by atoms with Crippen LogP contribution in [0, 0.1) is 0 Å². The van der Waals surface area contributed by atoms with Crippen molar-refractivity contribution >= 4 is 53.1 Å². The van der Waals surface area contributed by atoms with Crippen LogP contribution in [0.2, 0.25) is 0 Å². The summed E-state index contributed by atoms with van der Waals surface area (Å²) in [5, 5.41) is 7.34. The molecule has 0 atom stereocenters. The Hall–Kier alpha value is -4.93. The van der Waals surface area contributed by atoms with E-state index in [1.807, 2.05) is 41.7 Å². The average Bonchev–Trinajstić information content (AvgIpc) is 3.40. The molecule has 0 spiro atoms. The monoisotopic (exact) mass is 515 g/mol. The lowest BCUT2D eigenvalue weighted by Gasteiger charge is -2.11. The molecule has 39 heavy (non-hydrogen) atoms. The zero-order valence-electron chi connectivity index (χ0n) is 20.9. The molecule has 0 fully saturated rings. The molecule has 6 aromatic carbocycles. The van der Waals surface area contributed by atoms with E-state index in [1.165, 1.54) is 30.9 Å². The van der Waals surface area contributed by atoms with Gasteiger partial charge in [-0.3, -0.25) is 0 Å². The van der Waals surface area contributed by atoms with Crippen molar-refractivity contribution in [1.29, 1.82) is 0 Å². The van der Waals surface area contributed by atoms with Crippen LogP contribution in [0.3, 0.4) is 0 Å². The van der Waals surface area contributed by atoms with E-state index < -0.39 is 0 Å². The summed E-state index contributed by atoms with van der Waals surface area (Å²) in [6.07, 6.45) is 0. The average molecular weight is 516 g/mol. The van der Waals surface area contributed by atoms with Gasteiger partial charge >= 0.3 is 0 Å². The molecule has 2 heterocycles. The molecule has 0 aliphatic rings. The molecule has 0 radical (unpaired) electrons. The highest BCUT2D eigenvalue weighted by Crippen LogP contribution is 2.39. The maximum Gasteiger partial charge on any atom is 0.164 e. The Morgan fingerprint density at radius 3 is 2.00 bits per heavy atom. The van der Waals surface area contributed by atoms with Gasteiger partial charge in [0.1, 0.15) is 0 Å². The molecule has 4 heteroatoms. The van der Waals surface area contributed by atoms with Gasteiger partial charge in [-0.1, -0.05) is 115 Å². The molecule has 0 unspecified atom stereocenters. The highest BCUT2D eigenvalue weighted by Gasteiger charge is 2.15. The summed E-state index contributed by atoms with van der Waals surface area (Å²) < 4.78 is 2.63. The number of rotatable bonds is 3. The molecule has 2 aromatic heterocycles. The number of nitrogens with zero attached hydrogens (tertiary/aromatic N) is 3. The largest absolute Gasteiger partial charge is 0.208 e. The third kappa shape index (κ3) is 3.69. The van der Waals surface area contributed by atoms with E-state index in [2.05, 4.69) is 97.1 Å². The van der Waals surface area contributed by atoms with Crippen LogP contribution in [0.15, 0.2) is 127 Å². The summed E-state index contributed by atoms with van der Waals surface area (Å²) >= 11 is 1.85. The van der Waals surface area contributed by atoms with Crippen molar-refractivity contribution < 1.29 is 0 Å². The summed E-state index contributed by atoms with van der Waals surface area (Å²) in [6, 6.07) is 44.4. The van der Waals surface area contributed by atoms with Crippen LogP contribution >= 0.6 is 11.3 Å². The Kier molecular flexibility index (Phi) is 5.00. The normalized spacial score (nSPS) is 11.6. The van der Waals surface area contributed by atoms with Gasteiger partial charge in [-0.15, -0.1) is 11.3 Å². The van der Waals surface area contributed by atoms with E-state index in [0.29, 0.717) is 17.5 Å². The van der Waals surface area contributed by atoms with Gasteiger partial charge in [-0.2, -0.15) is 0 Å². The minimum Gasteiger partial charge on any atom is -0.208 e. The molecule has 8 rings (SSSR count). The molecule has 3 nitrogen and oxygen atoms in total. The number of thiophene rings is 1. The standard InChI is InChI=1S/C35H21N3S/c1-2-10-23(11-3-1)33-36-34(38-35(37-33)30-15-8-12-22-9-4-5-13-26(22)30)25-18-19-27-24(21-25)17-20-29-28-14-6-7-16-31(28)39-32(27)29/h1-21H. The van der Waals surface area contributed by atoms with Crippen molar-refractivity contribution in [2.24, 2.45) is 0 Å². The highest BCUT2D eigenvalue weighted by molar-refractivity contribution is 7.26. The van der Waals surface area contributed by atoms with Gasteiger partial charge in [0.2, 0.25) is 0 Å². The Balaban J connectivity index is 1.35. The molecule has 0 saturated carbocycles. The minimum absolute atomic E-state index is 0.670. The van der Waals surface area contributed by atoms with E-state index in [-0.39, 0.29) is 0 Å². The number of hydrogen-bond donors (Lipinski definition) is 0. The summed E-state index contributed by atoms with van der Waals surface area (Å²) in [4.78, 5) is 15.0. The van der Waals surface area contributed by atoms with Gasteiger partial charge in [0.05, 0.1) is 0 Å². The topological polar surface area (TPSA) is 38.7 Å². The van der Waals surface area contributed by atoms with Crippen LogP contribution in [-0.4, -0.2) is 15.0 Å². The minimum atomic E-state index is 0.670. The summed E-state index contributed by atoms with van der Waals surface area (Å²) in [6.45, 7) is 0. The predicted octanol–water partition coefficient (Wildman–Crippen LogP) is 9.55. The lowest BCUT2D eigenvalue weighted by Crippen LogP contribution is -2.00. The SMILES string of the molecule is c1ccc(-c2nc(-c3ccc4c(ccc5c6ccccc6sc45)c3)nc(-c3cccc4ccccc34)n2)cc1. The van der Waals surface area contributed by atoms with Crippen LogP contribution in [0.5, 0.6) is 0 Å². The van der Waals surface area contributed by atoms with Crippen molar-refractivity contribution in [3.8, 4) is 34.2 Å². The van der Waals surface area contributed by atoms with Gasteiger partial charge in [0.15, 0.2) is 17.5 Å². The Morgan fingerprint density at radius 2 is 1.10 bits per heavy atom. The maximum absolute atomic E-state index is 5.03. The van der Waals surface area contributed by atoms with Gasteiger partial charge in [0.25, 0.3) is 0 Å². The fourth-order valence-electron chi connectivity index (χ4n) is 5.41. The number of hydrogen-bond acceptors (Lipinski definition) is 4.